The standard InChI is InChI=1S/C27H22O9/c28-19-13-11-17(21(30)23(19)32)26(35,15-7-3-1-4-8-15)25(34)27(36,16-9-5-2-6-10-16)18-12-14-20(29)24(33)22(18)31/h1-14,28-33,35-36H. The molecule has 2 atom stereocenters. The van der Waals surface area contributed by atoms with Crippen molar-refractivity contribution in [3.05, 3.63) is 107 Å². The quantitative estimate of drug-likeness (QED) is 0.189. The molecule has 0 aromatic heterocycles. The summed E-state index contributed by atoms with van der Waals surface area (Å²) in [7, 11) is 0. The van der Waals surface area contributed by atoms with E-state index in [2.05, 4.69) is 0 Å². The molecule has 4 aromatic carbocycles. The Hall–Kier alpha value is -4.73. The van der Waals surface area contributed by atoms with E-state index < -0.39 is 62.6 Å². The van der Waals surface area contributed by atoms with Gasteiger partial charge in [0.25, 0.3) is 0 Å². The Balaban J connectivity index is 2.10. The topological polar surface area (TPSA) is 179 Å². The fourth-order valence-electron chi connectivity index (χ4n) is 4.16. The van der Waals surface area contributed by atoms with Crippen LogP contribution in [-0.4, -0.2) is 46.6 Å². The van der Waals surface area contributed by atoms with Gasteiger partial charge in [0.2, 0.25) is 17.3 Å². The number of aromatic hydroxyl groups is 6. The molecule has 0 radical (unpaired) electrons. The van der Waals surface area contributed by atoms with E-state index in [1.165, 1.54) is 48.5 Å². The van der Waals surface area contributed by atoms with E-state index in [1.54, 1.807) is 12.1 Å². The molecule has 0 spiro atoms. The zero-order chi connectivity index (χ0) is 26.3. The van der Waals surface area contributed by atoms with Crippen molar-refractivity contribution in [3.63, 3.8) is 0 Å². The van der Waals surface area contributed by atoms with Gasteiger partial charge >= 0.3 is 0 Å². The maximum Gasteiger partial charge on any atom is 0.214 e. The predicted octanol–water partition coefficient (Wildman–Crippen LogP) is 2.66. The van der Waals surface area contributed by atoms with E-state index >= 15 is 0 Å². The molecule has 8 N–H and O–H groups in total. The minimum Gasteiger partial charge on any atom is -0.504 e. The van der Waals surface area contributed by atoms with Gasteiger partial charge in [0.1, 0.15) is 0 Å². The zero-order valence-electron chi connectivity index (χ0n) is 18.6. The molecule has 9 heteroatoms. The molecule has 9 nitrogen and oxygen atoms in total. The summed E-state index contributed by atoms with van der Waals surface area (Å²) in [6.07, 6.45) is 0. The van der Waals surface area contributed by atoms with Crippen LogP contribution in [0, 0.1) is 0 Å². The lowest BCUT2D eigenvalue weighted by Crippen LogP contribution is -2.50. The maximum atomic E-state index is 14.4. The number of carbonyl (C=O) groups excluding carboxylic acids is 1. The van der Waals surface area contributed by atoms with Gasteiger partial charge < -0.3 is 40.9 Å². The summed E-state index contributed by atoms with van der Waals surface area (Å²) in [4.78, 5) is 14.4. The number of hydrogen-bond donors (Lipinski definition) is 8. The van der Waals surface area contributed by atoms with Gasteiger partial charge in [0.05, 0.1) is 0 Å². The molecular formula is C27H22O9. The lowest BCUT2D eigenvalue weighted by Gasteiger charge is -2.37. The Kier molecular flexibility index (Phi) is 5.97. The lowest BCUT2D eigenvalue weighted by molar-refractivity contribution is -0.151. The summed E-state index contributed by atoms with van der Waals surface area (Å²) in [6, 6.07) is 18.3. The zero-order valence-corrected chi connectivity index (χ0v) is 18.6. The second-order valence-electron chi connectivity index (χ2n) is 8.14. The highest BCUT2D eigenvalue weighted by Gasteiger charge is 2.55. The fraction of sp³-hybridized carbons (Fsp3) is 0.0741. The van der Waals surface area contributed by atoms with Gasteiger partial charge in [-0.25, -0.2) is 0 Å². The van der Waals surface area contributed by atoms with Crippen LogP contribution in [-0.2, 0) is 16.0 Å². The Morgan fingerprint density at radius 3 is 1.14 bits per heavy atom. The number of hydrogen-bond acceptors (Lipinski definition) is 9. The number of phenolic OH excluding ortho intramolecular Hbond substituents is 6. The van der Waals surface area contributed by atoms with E-state index in [0.717, 1.165) is 24.3 Å². The molecule has 0 fully saturated rings. The van der Waals surface area contributed by atoms with Gasteiger partial charge in [0.15, 0.2) is 34.2 Å². The van der Waals surface area contributed by atoms with Crippen molar-refractivity contribution in [2.75, 3.05) is 0 Å². The molecule has 0 saturated heterocycles. The molecule has 0 aliphatic heterocycles. The molecule has 4 aromatic rings. The number of Topliss-reactive ketones (excluding diaryl/α,β-unsaturated/α-hetero) is 1. The van der Waals surface area contributed by atoms with Crippen LogP contribution in [0.4, 0.5) is 0 Å². The van der Waals surface area contributed by atoms with Gasteiger partial charge in [-0.1, -0.05) is 60.7 Å². The molecule has 36 heavy (non-hydrogen) atoms. The van der Waals surface area contributed by atoms with Gasteiger partial charge in [-0.05, 0) is 35.4 Å². The van der Waals surface area contributed by atoms with Crippen molar-refractivity contribution in [1.82, 2.24) is 0 Å². The summed E-state index contributed by atoms with van der Waals surface area (Å²) >= 11 is 0. The van der Waals surface area contributed by atoms with Crippen LogP contribution in [0.1, 0.15) is 22.3 Å². The predicted molar refractivity (Wildman–Crippen MR) is 127 cm³/mol. The van der Waals surface area contributed by atoms with Crippen molar-refractivity contribution in [2.45, 2.75) is 11.2 Å². The Labute approximate surface area is 204 Å². The number of aliphatic hydroxyl groups is 2. The van der Waals surface area contributed by atoms with Crippen LogP contribution in [0.3, 0.4) is 0 Å². The maximum absolute atomic E-state index is 14.4. The number of benzene rings is 4. The summed E-state index contributed by atoms with van der Waals surface area (Å²) in [5.41, 5.74) is -7.17. The molecule has 4 rings (SSSR count). The highest BCUT2D eigenvalue weighted by Crippen LogP contribution is 2.51. The molecule has 184 valence electrons. The monoisotopic (exact) mass is 490 g/mol. The largest absolute Gasteiger partial charge is 0.504 e. The van der Waals surface area contributed by atoms with Gasteiger partial charge in [-0.2, -0.15) is 0 Å². The van der Waals surface area contributed by atoms with Gasteiger partial charge in [0, 0.05) is 11.1 Å². The highest BCUT2D eigenvalue weighted by molar-refractivity contribution is 6.02. The van der Waals surface area contributed by atoms with Crippen LogP contribution in [0.25, 0.3) is 0 Å². The normalized spacial score (nSPS) is 14.5. The molecule has 0 aliphatic carbocycles. The first-order chi connectivity index (χ1) is 17.0. The van der Waals surface area contributed by atoms with E-state index in [9.17, 15) is 45.6 Å². The summed E-state index contributed by atoms with van der Waals surface area (Å²) in [6.45, 7) is 0. The fourth-order valence-corrected chi connectivity index (χ4v) is 4.16. The van der Waals surface area contributed by atoms with Gasteiger partial charge in [-0.15, -0.1) is 0 Å². The smallest absolute Gasteiger partial charge is 0.214 e. The summed E-state index contributed by atoms with van der Waals surface area (Å²) in [5.74, 6) is -6.93. The molecule has 0 amide bonds. The van der Waals surface area contributed by atoms with Gasteiger partial charge in [-0.3, -0.25) is 4.79 Å². The first-order valence-electron chi connectivity index (χ1n) is 10.6. The molecule has 0 bridgehead atoms. The Morgan fingerprint density at radius 1 is 0.472 bits per heavy atom. The molecule has 2 unspecified atom stereocenters. The summed E-state index contributed by atoms with van der Waals surface area (Å²) in [5, 5.41) is 85.2. The number of carbonyl (C=O) groups is 1. The average Bonchev–Trinajstić information content (AvgIpc) is 2.90. The van der Waals surface area contributed by atoms with Crippen LogP contribution in [0.5, 0.6) is 34.5 Å². The lowest BCUT2D eigenvalue weighted by atomic mass is 9.70. The summed E-state index contributed by atoms with van der Waals surface area (Å²) < 4.78 is 0. The molecule has 0 saturated carbocycles. The van der Waals surface area contributed by atoms with Crippen LogP contribution >= 0.6 is 0 Å². The third-order valence-electron chi connectivity index (χ3n) is 6.08. The van der Waals surface area contributed by atoms with E-state index in [0.29, 0.717) is 0 Å². The highest BCUT2D eigenvalue weighted by atomic mass is 16.3. The van der Waals surface area contributed by atoms with E-state index in [-0.39, 0.29) is 11.1 Å². The third kappa shape index (κ3) is 3.54. The second kappa shape index (κ2) is 8.81. The van der Waals surface area contributed by atoms with Crippen molar-refractivity contribution >= 4 is 5.78 Å². The van der Waals surface area contributed by atoms with E-state index in [1.807, 2.05) is 0 Å². The van der Waals surface area contributed by atoms with Crippen molar-refractivity contribution in [2.24, 2.45) is 0 Å². The second-order valence-corrected chi connectivity index (χ2v) is 8.14. The van der Waals surface area contributed by atoms with Crippen molar-refractivity contribution < 1.29 is 45.6 Å². The van der Waals surface area contributed by atoms with Crippen LogP contribution < -0.4 is 0 Å². The average molecular weight is 490 g/mol. The third-order valence-corrected chi connectivity index (χ3v) is 6.08. The first-order valence-corrected chi connectivity index (χ1v) is 10.6. The van der Waals surface area contributed by atoms with Crippen LogP contribution in [0.2, 0.25) is 0 Å². The number of phenols is 6. The van der Waals surface area contributed by atoms with Crippen LogP contribution in [0.15, 0.2) is 84.9 Å². The van der Waals surface area contributed by atoms with Crippen molar-refractivity contribution in [3.8, 4) is 34.5 Å². The Morgan fingerprint density at radius 2 is 0.806 bits per heavy atom. The SMILES string of the molecule is O=C(C(O)(c1ccccc1)c1ccc(O)c(O)c1O)C(O)(c1ccccc1)c1ccc(O)c(O)c1O. The minimum atomic E-state index is -2.87. The number of ketones is 1. The first kappa shape index (κ1) is 24.4. The molecule has 0 aliphatic rings. The molecular weight excluding hydrogens is 468 g/mol. The molecule has 0 heterocycles. The van der Waals surface area contributed by atoms with Crippen molar-refractivity contribution in [1.29, 1.82) is 0 Å². The Bertz CT molecular complexity index is 1330. The van der Waals surface area contributed by atoms with E-state index in [4.69, 9.17) is 0 Å². The number of rotatable bonds is 6. The minimum absolute atomic E-state index is 0.132.